The lowest BCUT2D eigenvalue weighted by Crippen LogP contribution is -2.32. The number of carbonyl (C=O) groups is 1. The van der Waals surface area contributed by atoms with E-state index in [9.17, 15) is 4.79 Å². The summed E-state index contributed by atoms with van der Waals surface area (Å²) in [6.07, 6.45) is 10.7. The molecule has 1 aromatic carbocycles. The van der Waals surface area contributed by atoms with Crippen LogP contribution in [0.2, 0.25) is 0 Å². The minimum absolute atomic E-state index is 0.280. The molecule has 1 aliphatic rings. The quantitative estimate of drug-likeness (QED) is 0.593. The molecule has 1 unspecified atom stereocenters. The number of carbonyl (C=O) groups excluding carboxylic acids is 1. The SMILES string of the molecule is NC(=O)Cc1ccc2[nH]cc(C3=CCC(NCCc4ccccn4)CC3)c2c1. The van der Waals surface area contributed by atoms with Crippen molar-refractivity contribution in [2.24, 2.45) is 5.73 Å². The minimum Gasteiger partial charge on any atom is -0.369 e. The van der Waals surface area contributed by atoms with Crippen LogP contribution in [0.15, 0.2) is 54.9 Å². The zero-order valence-electron chi connectivity index (χ0n) is 15.9. The van der Waals surface area contributed by atoms with E-state index in [1.165, 1.54) is 16.5 Å². The number of amides is 1. The van der Waals surface area contributed by atoms with Gasteiger partial charge in [0.05, 0.1) is 6.42 Å². The largest absolute Gasteiger partial charge is 0.369 e. The molecule has 1 amide bonds. The number of rotatable bonds is 7. The van der Waals surface area contributed by atoms with Crippen molar-refractivity contribution in [2.75, 3.05) is 6.54 Å². The lowest BCUT2D eigenvalue weighted by atomic mass is 9.90. The highest BCUT2D eigenvalue weighted by Crippen LogP contribution is 2.32. The van der Waals surface area contributed by atoms with Gasteiger partial charge in [-0.15, -0.1) is 0 Å². The second-order valence-corrected chi connectivity index (χ2v) is 7.45. The van der Waals surface area contributed by atoms with Gasteiger partial charge in [0.2, 0.25) is 5.91 Å². The van der Waals surface area contributed by atoms with Crippen LogP contribution >= 0.6 is 0 Å². The van der Waals surface area contributed by atoms with Gasteiger partial charge in [0.1, 0.15) is 0 Å². The van der Waals surface area contributed by atoms with Crippen molar-refractivity contribution in [3.8, 4) is 0 Å². The maximum Gasteiger partial charge on any atom is 0.221 e. The van der Waals surface area contributed by atoms with E-state index in [1.54, 1.807) is 0 Å². The number of primary amides is 1. The zero-order valence-corrected chi connectivity index (χ0v) is 15.9. The molecule has 0 spiro atoms. The third kappa shape index (κ3) is 4.31. The molecule has 2 heterocycles. The Bertz CT molecular complexity index is 990. The fourth-order valence-corrected chi connectivity index (χ4v) is 3.96. The number of pyridine rings is 1. The van der Waals surface area contributed by atoms with Gasteiger partial charge in [-0.3, -0.25) is 9.78 Å². The molecule has 0 radical (unpaired) electrons. The van der Waals surface area contributed by atoms with E-state index in [0.29, 0.717) is 6.04 Å². The molecule has 4 N–H and O–H groups in total. The van der Waals surface area contributed by atoms with Crippen LogP contribution in [0.1, 0.15) is 36.1 Å². The Morgan fingerprint density at radius 1 is 1.29 bits per heavy atom. The molecule has 0 saturated carbocycles. The second-order valence-electron chi connectivity index (χ2n) is 7.45. The summed E-state index contributed by atoms with van der Waals surface area (Å²) < 4.78 is 0. The van der Waals surface area contributed by atoms with Crippen molar-refractivity contribution in [3.63, 3.8) is 0 Å². The first-order chi connectivity index (χ1) is 13.7. The Balaban J connectivity index is 1.40. The van der Waals surface area contributed by atoms with Crippen LogP contribution in [-0.2, 0) is 17.6 Å². The Hall–Kier alpha value is -2.92. The van der Waals surface area contributed by atoms with E-state index in [1.807, 2.05) is 30.5 Å². The van der Waals surface area contributed by atoms with Crippen molar-refractivity contribution in [2.45, 2.75) is 38.1 Å². The first kappa shape index (κ1) is 18.4. The Labute approximate surface area is 165 Å². The van der Waals surface area contributed by atoms with Crippen LogP contribution in [0.4, 0.5) is 0 Å². The van der Waals surface area contributed by atoms with Crippen LogP contribution in [-0.4, -0.2) is 28.5 Å². The van der Waals surface area contributed by atoms with E-state index >= 15 is 0 Å². The highest BCUT2D eigenvalue weighted by Gasteiger charge is 2.17. The number of hydrogen-bond donors (Lipinski definition) is 3. The molecule has 1 atom stereocenters. The molecule has 0 saturated heterocycles. The minimum atomic E-state index is -0.298. The highest BCUT2D eigenvalue weighted by molar-refractivity contribution is 5.93. The average molecular weight is 374 g/mol. The van der Waals surface area contributed by atoms with Gasteiger partial charge in [-0.2, -0.15) is 0 Å². The highest BCUT2D eigenvalue weighted by atomic mass is 16.1. The topological polar surface area (TPSA) is 83.8 Å². The normalized spacial score (nSPS) is 16.9. The number of aromatic nitrogens is 2. The van der Waals surface area contributed by atoms with Gasteiger partial charge in [-0.25, -0.2) is 0 Å². The molecule has 0 aliphatic heterocycles. The maximum atomic E-state index is 11.2. The van der Waals surface area contributed by atoms with Gasteiger partial charge in [-0.05, 0) is 54.7 Å². The predicted molar refractivity (Wildman–Crippen MR) is 113 cm³/mol. The van der Waals surface area contributed by atoms with E-state index in [2.05, 4.69) is 39.7 Å². The van der Waals surface area contributed by atoms with Crippen LogP contribution in [0.3, 0.4) is 0 Å². The molecule has 0 fully saturated rings. The van der Waals surface area contributed by atoms with Gasteiger partial charge < -0.3 is 16.0 Å². The first-order valence-corrected chi connectivity index (χ1v) is 9.90. The standard InChI is InChI=1S/C23H26N4O/c24-23(28)14-16-4-9-22-20(13-16)21(15-27-22)17-5-7-19(8-6-17)26-12-10-18-3-1-2-11-25-18/h1-5,9,11,13,15,19,26-27H,6-8,10,12,14H2,(H2,24,28). The van der Waals surface area contributed by atoms with Crippen LogP contribution in [0.25, 0.3) is 16.5 Å². The third-order valence-electron chi connectivity index (χ3n) is 5.42. The monoisotopic (exact) mass is 374 g/mol. The summed E-state index contributed by atoms with van der Waals surface area (Å²) in [4.78, 5) is 19.0. The van der Waals surface area contributed by atoms with Gasteiger partial charge in [-0.1, -0.05) is 18.2 Å². The molecule has 28 heavy (non-hydrogen) atoms. The third-order valence-corrected chi connectivity index (χ3v) is 5.42. The van der Waals surface area contributed by atoms with Gasteiger partial charge in [0, 0.05) is 53.6 Å². The molecule has 5 nitrogen and oxygen atoms in total. The lowest BCUT2D eigenvalue weighted by molar-refractivity contribution is -0.117. The van der Waals surface area contributed by atoms with Crippen molar-refractivity contribution in [3.05, 3.63) is 71.7 Å². The van der Waals surface area contributed by atoms with Crippen LogP contribution < -0.4 is 11.1 Å². The number of H-pyrrole nitrogens is 1. The molecule has 5 heteroatoms. The van der Waals surface area contributed by atoms with Crippen molar-refractivity contribution >= 4 is 22.4 Å². The summed E-state index contributed by atoms with van der Waals surface area (Å²) in [5.41, 5.74) is 11.2. The number of allylic oxidation sites excluding steroid dienone is 1. The summed E-state index contributed by atoms with van der Waals surface area (Å²) in [7, 11) is 0. The van der Waals surface area contributed by atoms with E-state index in [0.717, 1.165) is 49.0 Å². The Morgan fingerprint density at radius 3 is 2.96 bits per heavy atom. The lowest BCUT2D eigenvalue weighted by Gasteiger charge is -2.23. The average Bonchev–Trinajstić information content (AvgIpc) is 3.12. The summed E-state index contributed by atoms with van der Waals surface area (Å²) in [6.45, 7) is 0.953. The van der Waals surface area contributed by atoms with E-state index in [4.69, 9.17) is 5.73 Å². The summed E-state index contributed by atoms with van der Waals surface area (Å²) in [6, 6.07) is 12.7. The summed E-state index contributed by atoms with van der Waals surface area (Å²) in [5, 5.41) is 4.83. The Morgan fingerprint density at radius 2 is 2.21 bits per heavy atom. The molecule has 2 aromatic heterocycles. The van der Waals surface area contributed by atoms with Crippen molar-refractivity contribution < 1.29 is 4.79 Å². The van der Waals surface area contributed by atoms with Crippen molar-refractivity contribution in [1.82, 2.24) is 15.3 Å². The molecule has 0 bridgehead atoms. The number of aromatic amines is 1. The predicted octanol–water partition coefficient (Wildman–Crippen LogP) is 3.36. The number of nitrogens with zero attached hydrogens (tertiary/aromatic N) is 1. The van der Waals surface area contributed by atoms with Crippen LogP contribution in [0, 0.1) is 0 Å². The number of nitrogens with one attached hydrogen (secondary N) is 2. The van der Waals surface area contributed by atoms with Crippen molar-refractivity contribution in [1.29, 1.82) is 0 Å². The fraction of sp³-hybridized carbons (Fsp3) is 0.304. The van der Waals surface area contributed by atoms with E-state index < -0.39 is 0 Å². The number of nitrogens with two attached hydrogens (primary N) is 1. The number of benzene rings is 1. The Kier molecular flexibility index (Phi) is 5.53. The summed E-state index contributed by atoms with van der Waals surface area (Å²) in [5.74, 6) is -0.298. The zero-order chi connectivity index (χ0) is 19.3. The maximum absolute atomic E-state index is 11.2. The number of fused-ring (bicyclic) bond motifs is 1. The number of hydrogen-bond acceptors (Lipinski definition) is 3. The van der Waals surface area contributed by atoms with Gasteiger partial charge in [0.25, 0.3) is 0 Å². The molecule has 4 rings (SSSR count). The molecular formula is C23H26N4O. The smallest absolute Gasteiger partial charge is 0.221 e. The summed E-state index contributed by atoms with van der Waals surface area (Å²) >= 11 is 0. The molecule has 1 aliphatic carbocycles. The van der Waals surface area contributed by atoms with E-state index in [-0.39, 0.29) is 12.3 Å². The van der Waals surface area contributed by atoms with Gasteiger partial charge >= 0.3 is 0 Å². The molecule has 3 aromatic rings. The van der Waals surface area contributed by atoms with Gasteiger partial charge in [0.15, 0.2) is 0 Å². The first-order valence-electron chi connectivity index (χ1n) is 9.90. The van der Waals surface area contributed by atoms with Crippen LogP contribution in [0.5, 0.6) is 0 Å². The molecular weight excluding hydrogens is 348 g/mol. The fourth-order valence-electron chi connectivity index (χ4n) is 3.96. The second kappa shape index (κ2) is 8.40. The molecule has 144 valence electrons.